The van der Waals surface area contributed by atoms with E-state index in [1.807, 2.05) is 12.2 Å². The lowest BCUT2D eigenvalue weighted by molar-refractivity contribution is -0.205. The van der Waals surface area contributed by atoms with Crippen LogP contribution in [0.4, 0.5) is 0 Å². The first kappa shape index (κ1) is 28.1. The van der Waals surface area contributed by atoms with Crippen LogP contribution < -0.4 is 0 Å². The van der Waals surface area contributed by atoms with E-state index in [-0.39, 0.29) is 63.6 Å². The molecule has 0 aliphatic heterocycles. The summed E-state index contributed by atoms with van der Waals surface area (Å²) in [5.74, 6) is 2.17. The third kappa shape index (κ3) is 3.21. The molecule has 0 aromatic rings. The Morgan fingerprint density at radius 3 is 2.40 bits per heavy atom. The van der Waals surface area contributed by atoms with Crippen LogP contribution in [0.2, 0.25) is 0 Å². The van der Waals surface area contributed by atoms with Crippen molar-refractivity contribution in [3.63, 3.8) is 0 Å². The van der Waals surface area contributed by atoms with Crippen LogP contribution in [0.3, 0.4) is 0 Å². The maximum Gasteiger partial charge on any atom is 0.168 e. The molecule has 240 valence electrons. The number of rotatable bonds is 1. The van der Waals surface area contributed by atoms with Gasteiger partial charge >= 0.3 is 0 Å². The van der Waals surface area contributed by atoms with Gasteiger partial charge in [0.15, 0.2) is 17.3 Å². The van der Waals surface area contributed by atoms with Gasteiger partial charge in [-0.2, -0.15) is 0 Å². The molecule has 6 nitrogen and oxygen atoms in total. The first-order chi connectivity index (χ1) is 21.6. The molecule has 8 saturated carbocycles. The van der Waals surface area contributed by atoms with Crippen molar-refractivity contribution < 1.29 is 29.4 Å². The molecule has 0 aromatic carbocycles. The maximum atomic E-state index is 14.7. The highest BCUT2D eigenvalue weighted by Crippen LogP contribution is 2.77. The third-order valence-electron chi connectivity index (χ3n) is 17.1. The van der Waals surface area contributed by atoms with E-state index in [9.17, 15) is 29.4 Å². The van der Waals surface area contributed by atoms with Gasteiger partial charge in [0.25, 0.3) is 0 Å². The van der Waals surface area contributed by atoms with E-state index in [0.29, 0.717) is 61.2 Å². The molecule has 0 heterocycles. The second-order valence-electron chi connectivity index (χ2n) is 17.9. The smallest absolute Gasteiger partial charge is 0.168 e. The third-order valence-corrected chi connectivity index (χ3v) is 17.1. The Kier molecular flexibility index (Phi) is 5.59. The minimum Gasteiger partial charge on any atom is -0.393 e. The lowest BCUT2D eigenvalue weighted by atomic mass is 9.37. The van der Waals surface area contributed by atoms with Crippen LogP contribution in [0, 0.1) is 81.8 Å². The summed E-state index contributed by atoms with van der Waals surface area (Å²) < 4.78 is 0. The van der Waals surface area contributed by atoms with Gasteiger partial charge in [-0.1, -0.05) is 18.1 Å². The van der Waals surface area contributed by atoms with Crippen LogP contribution in [0.15, 0.2) is 23.3 Å². The van der Waals surface area contributed by atoms with E-state index in [0.717, 1.165) is 64.2 Å². The van der Waals surface area contributed by atoms with E-state index in [2.05, 4.69) is 6.92 Å². The molecular weight excluding hydrogens is 564 g/mol. The second-order valence-corrected chi connectivity index (χ2v) is 17.9. The van der Waals surface area contributed by atoms with Gasteiger partial charge in [-0.05, 0) is 147 Å². The topological polar surface area (TPSA) is 109 Å². The SMILES string of the molecule is CC12CCC(=O)C=C1CCC1C2C(O)C[C@]23C(CCC12)C(=O)C3C1C(=O)C2(O)CCC3C4CCC5=CC(=O)CCC5C4CC1C32. The van der Waals surface area contributed by atoms with Crippen molar-refractivity contribution in [2.45, 2.75) is 109 Å². The molecule has 10 aliphatic carbocycles. The summed E-state index contributed by atoms with van der Waals surface area (Å²) in [6, 6.07) is 0. The van der Waals surface area contributed by atoms with Gasteiger partial charge in [-0.3, -0.25) is 19.2 Å². The van der Waals surface area contributed by atoms with Gasteiger partial charge < -0.3 is 10.2 Å². The van der Waals surface area contributed by atoms with Gasteiger partial charge in [0.05, 0.1) is 6.10 Å². The summed E-state index contributed by atoms with van der Waals surface area (Å²) in [5, 5.41) is 24.4. The average molecular weight is 613 g/mol. The minimum absolute atomic E-state index is 0.0244. The van der Waals surface area contributed by atoms with Gasteiger partial charge in [-0.25, -0.2) is 0 Å². The number of aliphatic hydroxyl groups is 2. The molecule has 6 heteroatoms. The Morgan fingerprint density at radius 1 is 0.756 bits per heavy atom. The predicted molar refractivity (Wildman–Crippen MR) is 164 cm³/mol. The highest BCUT2D eigenvalue weighted by atomic mass is 16.3. The molecule has 16 atom stereocenters. The summed E-state index contributed by atoms with van der Waals surface area (Å²) >= 11 is 0. The molecule has 0 amide bonds. The number of carbonyl (C=O) groups excluding carboxylic acids is 4. The number of hydrogen-bond donors (Lipinski definition) is 2. The summed E-state index contributed by atoms with van der Waals surface area (Å²) in [5.41, 5.74) is 0.728. The molecule has 45 heavy (non-hydrogen) atoms. The average Bonchev–Trinajstić information content (AvgIpc) is 3.61. The second kappa shape index (κ2) is 8.95. The normalized spacial score (nSPS) is 57.4. The Morgan fingerprint density at radius 2 is 1.56 bits per heavy atom. The fourth-order valence-corrected chi connectivity index (χ4v) is 15.8. The van der Waals surface area contributed by atoms with E-state index in [1.54, 1.807) is 0 Å². The van der Waals surface area contributed by atoms with Gasteiger partial charge in [0.1, 0.15) is 11.4 Å². The maximum absolute atomic E-state index is 14.7. The number of ketones is 4. The molecule has 2 N–H and O–H groups in total. The Hall–Kier alpha value is -1.92. The molecule has 0 aromatic heterocycles. The van der Waals surface area contributed by atoms with Crippen LogP contribution in [0.5, 0.6) is 0 Å². The molecule has 0 saturated heterocycles. The van der Waals surface area contributed by atoms with Gasteiger partial charge in [0, 0.05) is 36.5 Å². The van der Waals surface area contributed by atoms with Crippen LogP contribution in [-0.2, 0) is 19.2 Å². The fraction of sp³-hybridized carbons (Fsp3) is 0.795. The zero-order valence-electron chi connectivity index (χ0n) is 26.6. The fourth-order valence-electron chi connectivity index (χ4n) is 15.8. The van der Waals surface area contributed by atoms with Crippen molar-refractivity contribution in [3.05, 3.63) is 23.3 Å². The number of allylic oxidation sites excluding steroid dienone is 2. The van der Waals surface area contributed by atoms with Crippen LogP contribution in [-0.4, -0.2) is 45.1 Å². The highest BCUT2D eigenvalue weighted by molar-refractivity contribution is 6.02. The van der Waals surface area contributed by atoms with Crippen molar-refractivity contribution >= 4 is 23.1 Å². The largest absolute Gasteiger partial charge is 0.393 e. The number of carbonyl (C=O) groups is 4. The number of aliphatic hydroxyl groups excluding tert-OH is 1. The summed E-state index contributed by atoms with van der Waals surface area (Å²) in [6.07, 6.45) is 14.8. The Labute approximate surface area is 265 Å². The van der Waals surface area contributed by atoms with E-state index in [4.69, 9.17) is 0 Å². The first-order valence-electron chi connectivity index (χ1n) is 18.5. The van der Waals surface area contributed by atoms with E-state index >= 15 is 0 Å². The predicted octanol–water partition coefficient (Wildman–Crippen LogP) is 5.19. The lowest BCUT2D eigenvalue weighted by Gasteiger charge is -2.66. The molecule has 1 spiro atoms. The van der Waals surface area contributed by atoms with E-state index in [1.165, 1.54) is 11.1 Å². The van der Waals surface area contributed by atoms with Crippen molar-refractivity contribution in [2.24, 2.45) is 81.8 Å². The Bertz CT molecular complexity index is 1510. The van der Waals surface area contributed by atoms with Crippen LogP contribution in [0.25, 0.3) is 0 Å². The summed E-state index contributed by atoms with van der Waals surface area (Å²) in [4.78, 5) is 53.8. The highest BCUT2D eigenvalue weighted by Gasteiger charge is 2.79. The zero-order valence-corrected chi connectivity index (χ0v) is 26.6. The molecule has 0 radical (unpaired) electrons. The van der Waals surface area contributed by atoms with Crippen LogP contribution >= 0.6 is 0 Å². The minimum atomic E-state index is -1.30. The molecule has 8 fully saturated rings. The molecular formula is C39H48O6. The molecule has 0 bridgehead atoms. The summed E-state index contributed by atoms with van der Waals surface area (Å²) in [6.45, 7) is 2.28. The van der Waals surface area contributed by atoms with Crippen molar-refractivity contribution in [1.29, 1.82) is 0 Å². The standard InChI is InChI=1S/C39H48O6/c1-37-12-10-21(41)15-19(37)3-6-25-28-8-9-29-35(43)34(38(28,29)17-30(42)33(25)37)31-27-16-26-22-7-4-20(40)14-18(22)2-5-23(26)24-11-13-39(45,32(24)27)36(31)44/h14-15,22-34,42,45H,2-13,16-17H2,1H3/t22?,23?,24?,25?,26?,27?,28?,29?,30?,31?,32?,33?,34?,37?,38-,39?/m1/s1. The molecule has 15 unspecified atom stereocenters. The zero-order chi connectivity index (χ0) is 30.8. The van der Waals surface area contributed by atoms with Gasteiger partial charge in [0.2, 0.25) is 0 Å². The molecule has 10 aliphatic rings. The Balaban J connectivity index is 1.03. The summed E-state index contributed by atoms with van der Waals surface area (Å²) in [7, 11) is 0. The number of fused-ring (bicyclic) bond motifs is 8. The van der Waals surface area contributed by atoms with Gasteiger partial charge in [-0.15, -0.1) is 0 Å². The quantitative estimate of drug-likeness (QED) is 0.422. The number of hydrogen-bond acceptors (Lipinski definition) is 6. The van der Waals surface area contributed by atoms with Crippen molar-refractivity contribution in [3.8, 4) is 0 Å². The first-order valence-corrected chi connectivity index (χ1v) is 18.5. The number of Topliss-reactive ketones (excluding diaryl/α,β-unsaturated/α-hetero) is 2. The lowest BCUT2D eigenvalue weighted by Crippen LogP contribution is -2.68. The van der Waals surface area contributed by atoms with E-state index < -0.39 is 17.6 Å². The molecule has 10 rings (SSSR count). The van der Waals surface area contributed by atoms with Crippen LogP contribution in [0.1, 0.15) is 96.8 Å². The van der Waals surface area contributed by atoms with Crippen molar-refractivity contribution in [2.75, 3.05) is 0 Å². The van der Waals surface area contributed by atoms with Crippen molar-refractivity contribution in [1.82, 2.24) is 0 Å². The monoisotopic (exact) mass is 612 g/mol.